The standard InChI is InChI=1S/C19H18O7S/c1-12-3-4-13(2)17(11-12)27(22,23)26-15-7-5-14(6-8-15)18(20)25-16-9-10-24-19(16)21/h3-8,11,16H,9-10H2,1-2H3/t16-/m1/s1. The minimum Gasteiger partial charge on any atom is -0.463 e. The number of aryl methyl sites for hydroxylation is 2. The van der Waals surface area contributed by atoms with Crippen molar-refractivity contribution < 1.29 is 31.7 Å². The number of rotatable bonds is 5. The number of ether oxygens (including phenoxy) is 2. The van der Waals surface area contributed by atoms with E-state index in [1.807, 2.05) is 6.07 Å². The SMILES string of the molecule is Cc1ccc(C)c(S(=O)(=O)Oc2ccc(C(=O)O[C@@H]3CCOC3=O)cc2)c1. The molecule has 0 aromatic heterocycles. The zero-order valence-corrected chi connectivity index (χ0v) is 15.6. The molecule has 0 aliphatic carbocycles. The van der Waals surface area contributed by atoms with Crippen LogP contribution in [0.3, 0.4) is 0 Å². The second-order valence-corrected chi connectivity index (χ2v) is 7.70. The minimum absolute atomic E-state index is 0.0627. The lowest BCUT2D eigenvalue weighted by molar-refractivity contribution is -0.145. The summed E-state index contributed by atoms with van der Waals surface area (Å²) < 4.78 is 40.0. The number of carbonyl (C=O) groups excluding carboxylic acids is 2. The molecule has 27 heavy (non-hydrogen) atoms. The average Bonchev–Trinajstić information content (AvgIpc) is 3.02. The highest BCUT2D eigenvalue weighted by atomic mass is 32.2. The Balaban J connectivity index is 1.72. The molecule has 0 saturated carbocycles. The zero-order chi connectivity index (χ0) is 19.6. The van der Waals surface area contributed by atoms with Gasteiger partial charge in [-0.1, -0.05) is 12.1 Å². The highest BCUT2D eigenvalue weighted by Crippen LogP contribution is 2.23. The van der Waals surface area contributed by atoms with Crippen molar-refractivity contribution in [3.8, 4) is 5.75 Å². The highest BCUT2D eigenvalue weighted by molar-refractivity contribution is 7.87. The largest absolute Gasteiger partial charge is 0.463 e. The molecule has 2 aromatic carbocycles. The van der Waals surface area contributed by atoms with Gasteiger partial charge in [0, 0.05) is 6.42 Å². The first-order chi connectivity index (χ1) is 12.8. The van der Waals surface area contributed by atoms with Crippen LogP contribution in [-0.4, -0.2) is 33.1 Å². The van der Waals surface area contributed by atoms with Gasteiger partial charge in [-0.15, -0.1) is 0 Å². The number of esters is 2. The van der Waals surface area contributed by atoms with E-state index in [9.17, 15) is 18.0 Å². The predicted molar refractivity (Wildman–Crippen MR) is 95.0 cm³/mol. The van der Waals surface area contributed by atoms with Crippen molar-refractivity contribution in [2.75, 3.05) is 6.61 Å². The maximum atomic E-state index is 12.5. The summed E-state index contributed by atoms with van der Waals surface area (Å²) in [7, 11) is -4.00. The Morgan fingerprint density at radius 1 is 1.11 bits per heavy atom. The van der Waals surface area contributed by atoms with Gasteiger partial charge >= 0.3 is 22.1 Å². The summed E-state index contributed by atoms with van der Waals surface area (Å²) in [4.78, 5) is 23.5. The monoisotopic (exact) mass is 390 g/mol. The molecular weight excluding hydrogens is 372 g/mol. The smallest absolute Gasteiger partial charge is 0.347 e. The summed E-state index contributed by atoms with van der Waals surface area (Å²) >= 11 is 0. The first-order valence-electron chi connectivity index (χ1n) is 8.26. The van der Waals surface area contributed by atoms with Crippen LogP contribution in [0, 0.1) is 13.8 Å². The number of hydrogen-bond acceptors (Lipinski definition) is 7. The second kappa shape index (κ2) is 7.40. The molecule has 142 valence electrons. The molecule has 0 N–H and O–H groups in total. The van der Waals surface area contributed by atoms with Crippen LogP contribution in [0.15, 0.2) is 47.4 Å². The van der Waals surface area contributed by atoms with E-state index in [0.717, 1.165) is 5.56 Å². The van der Waals surface area contributed by atoms with Gasteiger partial charge in [-0.3, -0.25) is 0 Å². The van der Waals surface area contributed by atoms with Gasteiger partial charge in [0.25, 0.3) is 0 Å². The van der Waals surface area contributed by atoms with Crippen LogP contribution < -0.4 is 4.18 Å². The third kappa shape index (κ3) is 4.28. The van der Waals surface area contributed by atoms with Crippen molar-refractivity contribution in [1.82, 2.24) is 0 Å². The van der Waals surface area contributed by atoms with Gasteiger partial charge in [0.1, 0.15) is 10.6 Å². The number of benzene rings is 2. The maximum absolute atomic E-state index is 12.5. The van der Waals surface area contributed by atoms with Crippen molar-refractivity contribution in [3.63, 3.8) is 0 Å². The molecule has 0 unspecified atom stereocenters. The normalized spacial score (nSPS) is 16.7. The molecule has 1 aliphatic rings. The van der Waals surface area contributed by atoms with Crippen LogP contribution in [0.2, 0.25) is 0 Å². The molecule has 1 heterocycles. The van der Waals surface area contributed by atoms with Gasteiger partial charge in [-0.2, -0.15) is 8.42 Å². The molecule has 3 rings (SSSR count). The van der Waals surface area contributed by atoms with Crippen LogP contribution >= 0.6 is 0 Å². The van der Waals surface area contributed by atoms with Crippen molar-refractivity contribution >= 4 is 22.1 Å². The fourth-order valence-electron chi connectivity index (χ4n) is 2.58. The Morgan fingerprint density at radius 2 is 1.81 bits per heavy atom. The van der Waals surface area contributed by atoms with Gasteiger partial charge < -0.3 is 13.7 Å². The van der Waals surface area contributed by atoms with Crippen LogP contribution in [0.5, 0.6) is 5.75 Å². The molecule has 2 aromatic rings. The minimum atomic E-state index is -4.00. The molecule has 0 bridgehead atoms. The summed E-state index contributed by atoms with van der Waals surface area (Å²) in [5, 5.41) is 0. The van der Waals surface area contributed by atoms with Gasteiger partial charge in [0.05, 0.1) is 12.2 Å². The molecule has 1 saturated heterocycles. The Hall–Kier alpha value is -2.87. The summed E-state index contributed by atoms with van der Waals surface area (Å²) in [6.07, 6.45) is -0.585. The second-order valence-electron chi connectivity index (χ2n) is 6.18. The van der Waals surface area contributed by atoms with E-state index in [-0.39, 0.29) is 22.8 Å². The third-order valence-electron chi connectivity index (χ3n) is 4.05. The Kier molecular flexibility index (Phi) is 5.18. The van der Waals surface area contributed by atoms with Crippen molar-refractivity contribution in [2.24, 2.45) is 0 Å². The van der Waals surface area contributed by atoms with Crippen molar-refractivity contribution in [2.45, 2.75) is 31.3 Å². The van der Waals surface area contributed by atoms with Crippen LogP contribution in [0.4, 0.5) is 0 Å². The fourth-order valence-corrected chi connectivity index (χ4v) is 3.82. The van der Waals surface area contributed by atoms with E-state index in [2.05, 4.69) is 0 Å². The molecule has 1 fully saturated rings. The van der Waals surface area contributed by atoms with E-state index in [1.165, 1.54) is 30.3 Å². The van der Waals surface area contributed by atoms with Gasteiger partial charge in [-0.05, 0) is 55.3 Å². The van der Waals surface area contributed by atoms with E-state index < -0.39 is 28.2 Å². The Morgan fingerprint density at radius 3 is 2.44 bits per heavy atom. The lowest BCUT2D eigenvalue weighted by Crippen LogP contribution is -2.22. The number of hydrogen-bond donors (Lipinski definition) is 0. The molecule has 0 amide bonds. The molecule has 7 nitrogen and oxygen atoms in total. The van der Waals surface area contributed by atoms with E-state index in [1.54, 1.807) is 19.9 Å². The fraction of sp³-hybridized carbons (Fsp3) is 0.263. The van der Waals surface area contributed by atoms with Crippen LogP contribution in [-0.2, 0) is 24.4 Å². The summed E-state index contributed by atoms with van der Waals surface area (Å²) in [5.74, 6) is -1.20. The Labute approximate surface area is 157 Å². The quantitative estimate of drug-likeness (QED) is 0.572. The lowest BCUT2D eigenvalue weighted by Gasteiger charge is -2.11. The first-order valence-corrected chi connectivity index (χ1v) is 9.66. The predicted octanol–water partition coefficient (Wildman–Crippen LogP) is 2.54. The van der Waals surface area contributed by atoms with Crippen LogP contribution in [0.1, 0.15) is 27.9 Å². The molecule has 1 atom stereocenters. The molecule has 0 spiro atoms. The molecular formula is C19H18O7S. The topological polar surface area (TPSA) is 96.0 Å². The molecule has 8 heteroatoms. The van der Waals surface area contributed by atoms with Gasteiger partial charge in [-0.25, -0.2) is 9.59 Å². The van der Waals surface area contributed by atoms with Crippen LogP contribution in [0.25, 0.3) is 0 Å². The maximum Gasteiger partial charge on any atom is 0.347 e. The average molecular weight is 390 g/mol. The zero-order valence-electron chi connectivity index (χ0n) is 14.8. The molecule has 0 radical (unpaired) electrons. The number of carbonyl (C=O) groups is 2. The van der Waals surface area contributed by atoms with E-state index in [0.29, 0.717) is 12.0 Å². The van der Waals surface area contributed by atoms with E-state index in [4.69, 9.17) is 13.7 Å². The summed E-state index contributed by atoms with van der Waals surface area (Å²) in [5.41, 5.74) is 1.54. The van der Waals surface area contributed by atoms with Gasteiger partial charge in [0.2, 0.25) is 6.10 Å². The van der Waals surface area contributed by atoms with E-state index >= 15 is 0 Å². The summed E-state index contributed by atoms with van der Waals surface area (Å²) in [6, 6.07) is 10.5. The first kappa shape index (κ1) is 18.9. The third-order valence-corrected chi connectivity index (χ3v) is 5.44. The summed E-state index contributed by atoms with van der Waals surface area (Å²) in [6.45, 7) is 3.70. The van der Waals surface area contributed by atoms with Crippen molar-refractivity contribution in [1.29, 1.82) is 0 Å². The van der Waals surface area contributed by atoms with Crippen molar-refractivity contribution in [3.05, 3.63) is 59.2 Å². The van der Waals surface area contributed by atoms with Gasteiger partial charge in [0.15, 0.2) is 0 Å². The lowest BCUT2D eigenvalue weighted by atomic mass is 10.2. The highest BCUT2D eigenvalue weighted by Gasteiger charge is 2.30. The molecule has 1 aliphatic heterocycles. The Bertz CT molecular complexity index is 978. The number of cyclic esters (lactones) is 1.